The van der Waals surface area contributed by atoms with Crippen molar-refractivity contribution >= 4 is 11.3 Å². The van der Waals surface area contributed by atoms with Crippen LogP contribution in [0.3, 0.4) is 0 Å². The summed E-state index contributed by atoms with van der Waals surface area (Å²) in [6, 6.07) is 3.75. The fraction of sp³-hybridized carbons (Fsp3) is 0. The molecule has 0 aliphatic rings. The summed E-state index contributed by atoms with van der Waals surface area (Å²) in [6.07, 6.45) is 0. The van der Waals surface area contributed by atoms with E-state index in [0.29, 0.717) is 11.3 Å². The molecule has 0 amide bonds. The highest BCUT2D eigenvalue weighted by molar-refractivity contribution is 7.07. The molecule has 4 heteroatoms. The third-order valence-corrected chi connectivity index (χ3v) is 2.23. The van der Waals surface area contributed by atoms with Crippen molar-refractivity contribution in [3.63, 3.8) is 0 Å². The number of rotatable bonds is 1. The fourth-order valence-corrected chi connectivity index (χ4v) is 1.57. The maximum atomic E-state index is 12.8. The SMILES string of the molecule is Fc1ccc(-c2cscn2)cc1F. The molecule has 1 aromatic heterocycles. The van der Waals surface area contributed by atoms with Gasteiger partial charge in [-0.15, -0.1) is 11.3 Å². The van der Waals surface area contributed by atoms with Gasteiger partial charge in [0.2, 0.25) is 0 Å². The predicted molar refractivity (Wildman–Crippen MR) is 47.5 cm³/mol. The largest absolute Gasteiger partial charge is 0.245 e. The third-order valence-electron chi connectivity index (χ3n) is 1.65. The molecular weight excluding hydrogens is 192 g/mol. The Labute approximate surface area is 77.7 Å². The van der Waals surface area contributed by atoms with Gasteiger partial charge in [-0.25, -0.2) is 13.8 Å². The number of benzene rings is 1. The second kappa shape index (κ2) is 3.22. The molecule has 0 aliphatic heterocycles. The molecule has 0 saturated carbocycles. The summed E-state index contributed by atoms with van der Waals surface area (Å²) in [5.41, 5.74) is 2.92. The lowest BCUT2D eigenvalue weighted by Crippen LogP contribution is -1.84. The summed E-state index contributed by atoms with van der Waals surface area (Å²) >= 11 is 1.42. The van der Waals surface area contributed by atoms with Crippen LogP contribution in [0.4, 0.5) is 8.78 Å². The molecule has 0 unspecified atom stereocenters. The van der Waals surface area contributed by atoms with Crippen LogP contribution >= 0.6 is 11.3 Å². The average Bonchev–Trinajstić information content (AvgIpc) is 2.62. The van der Waals surface area contributed by atoms with Crippen molar-refractivity contribution in [1.29, 1.82) is 0 Å². The maximum absolute atomic E-state index is 12.8. The number of hydrogen-bond donors (Lipinski definition) is 0. The minimum atomic E-state index is -0.842. The van der Waals surface area contributed by atoms with E-state index in [1.54, 1.807) is 10.9 Å². The van der Waals surface area contributed by atoms with E-state index in [-0.39, 0.29) is 0 Å². The van der Waals surface area contributed by atoms with Crippen LogP contribution in [0.2, 0.25) is 0 Å². The lowest BCUT2D eigenvalue weighted by molar-refractivity contribution is 0.509. The van der Waals surface area contributed by atoms with Crippen molar-refractivity contribution in [2.45, 2.75) is 0 Å². The Morgan fingerprint density at radius 2 is 2.00 bits per heavy atom. The minimum Gasteiger partial charge on any atom is -0.245 e. The van der Waals surface area contributed by atoms with E-state index in [1.165, 1.54) is 17.4 Å². The predicted octanol–water partition coefficient (Wildman–Crippen LogP) is 3.09. The Balaban J connectivity index is 2.49. The summed E-state index contributed by atoms with van der Waals surface area (Å²) < 4.78 is 25.3. The number of aromatic nitrogens is 1. The third kappa shape index (κ3) is 1.58. The molecule has 0 fully saturated rings. The Morgan fingerprint density at radius 1 is 1.15 bits per heavy atom. The zero-order valence-corrected chi connectivity index (χ0v) is 7.31. The molecule has 66 valence electrons. The quantitative estimate of drug-likeness (QED) is 0.684. The first kappa shape index (κ1) is 8.31. The molecule has 0 spiro atoms. The Hall–Kier alpha value is -1.29. The number of halogens is 2. The molecule has 1 aromatic carbocycles. The first-order valence-electron chi connectivity index (χ1n) is 3.61. The Morgan fingerprint density at radius 3 is 2.62 bits per heavy atom. The van der Waals surface area contributed by atoms with E-state index < -0.39 is 11.6 Å². The van der Waals surface area contributed by atoms with E-state index in [0.717, 1.165) is 12.1 Å². The van der Waals surface area contributed by atoms with Crippen molar-refractivity contribution in [2.75, 3.05) is 0 Å². The van der Waals surface area contributed by atoms with Crippen LogP contribution < -0.4 is 0 Å². The number of hydrogen-bond acceptors (Lipinski definition) is 2. The molecule has 0 N–H and O–H groups in total. The lowest BCUT2D eigenvalue weighted by Gasteiger charge is -1.96. The molecule has 1 heterocycles. The topological polar surface area (TPSA) is 12.9 Å². The van der Waals surface area contributed by atoms with Crippen molar-refractivity contribution in [3.05, 3.63) is 40.7 Å². The van der Waals surface area contributed by atoms with Crippen LogP contribution in [0, 0.1) is 11.6 Å². The molecule has 0 atom stereocenters. The summed E-state index contributed by atoms with van der Waals surface area (Å²) in [6.45, 7) is 0. The van der Waals surface area contributed by atoms with Crippen molar-refractivity contribution < 1.29 is 8.78 Å². The van der Waals surface area contributed by atoms with Gasteiger partial charge in [-0.2, -0.15) is 0 Å². The highest BCUT2D eigenvalue weighted by atomic mass is 32.1. The molecule has 13 heavy (non-hydrogen) atoms. The molecule has 0 radical (unpaired) electrons. The van der Waals surface area contributed by atoms with Crippen LogP contribution in [-0.4, -0.2) is 4.98 Å². The van der Waals surface area contributed by atoms with Gasteiger partial charge in [0, 0.05) is 10.9 Å². The standard InChI is InChI=1S/C9H5F2NS/c10-7-2-1-6(3-8(7)11)9-4-13-5-12-9/h1-5H. The Kier molecular flexibility index (Phi) is 2.06. The lowest BCUT2D eigenvalue weighted by atomic mass is 10.2. The number of thiazole rings is 1. The molecule has 0 aliphatic carbocycles. The van der Waals surface area contributed by atoms with Gasteiger partial charge in [0.25, 0.3) is 0 Å². The van der Waals surface area contributed by atoms with Gasteiger partial charge in [-0.1, -0.05) is 0 Å². The molecule has 1 nitrogen and oxygen atoms in total. The maximum Gasteiger partial charge on any atom is 0.159 e. The van der Waals surface area contributed by atoms with Crippen LogP contribution in [0.1, 0.15) is 0 Å². The number of nitrogens with zero attached hydrogens (tertiary/aromatic N) is 1. The van der Waals surface area contributed by atoms with Gasteiger partial charge >= 0.3 is 0 Å². The van der Waals surface area contributed by atoms with Gasteiger partial charge in [0.1, 0.15) is 0 Å². The molecular formula is C9H5F2NS. The molecule has 2 rings (SSSR count). The average molecular weight is 197 g/mol. The second-order valence-electron chi connectivity index (χ2n) is 2.50. The highest BCUT2D eigenvalue weighted by Crippen LogP contribution is 2.20. The van der Waals surface area contributed by atoms with Gasteiger partial charge in [-0.3, -0.25) is 0 Å². The summed E-state index contributed by atoms with van der Waals surface area (Å²) in [5, 5.41) is 1.78. The van der Waals surface area contributed by atoms with Gasteiger partial charge in [-0.05, 0) is 18.2 Å². The van der Waals surface area contributed by atoms with Crippen LogP contribution in [-0.2, 0) is 0 Å². The molecule has 2 aromatic rings. The highest BCUT2D eigenvalue weighted by Gasteiger charge is 2.04. The zero-order chi connectivity index (χ0) is 9.26. The monoisotopic (exact) mass is 197 g/mol. The smallest absolute Gasteiger partial charge is 0.159 e. The Bertz CT molecular complexity index is 412. The normalized spacial score (nSPS) is 10.3. The van der Waals surface area contributed by atoms with E-state index in [9.17, 15) is 8.78 Å². The summed E-state index contributed by atoms with van der Waals surface area (Å²) in [7, 11) is 0. The molecule has 0 saturated heterocycles. The minimum absolute atomic E-state index is 0.597. The summed E-state index contributed by atoms with van der Waals surface area (Å²) in [5.74, 6) is -1.68. The van der Waals surface area contributed by atoms with Crippen LogP contribution in [0.15, 0.2) is 29.1 Å². The van der Waals surface area contributed by atoms with E-state index >= 15 is 0 Å². The van der Waals surface area contributed by atoms with Gasteiger partial charge in [0.05, 0.1) is 11.2 Å². The fourth-order valence-electron chi connectivity index (χ4n) is 1.01. The zero-order valence-electron chi connectivity index (χ0n) is 6.50. The first-order valence-corrected chi connectivity index (χ1v) is 4.55. The van der Waals surface area contributed by atoms with E-state index in [2.05, 4.69) is 4.98 Å². The van der Waals surface area contributed by atoms with Gasteiger partial charge < -0.3 is 0 Å². The van der Waals surface area contributed by atoms with Crippen molar-refractivity contribution in [3.8, 4) is 11.3 Å². The van der Waals surface area contributed by atoms with Crippen LogP contribution in [0.5, 0.6) is 0 Å². The van der Waals surface area contributed by atoms with E-state index in [1.807, 2.05) is 0 Å². The summed E-state index contributed by atoms with van der Waals surface area (Å²) in [4.78, 5) is 3.99. The van der Waals surface area contributed by atoms with Crippen molar-refractivity contribution in [2.24, 2.45) is 0 Å². The second-order valence-corrected chi connectivity index (χ2v) is 3.22. The molecule has 0 bridgehead atoms. The first-order chi connectivity index (χ1) is 6.27. The van der Waals surface area contributed by atoms with E-state index in [4.69, 9.17) is 0 Å². The van der Waals surface area contributed by atoms with Crippen molar-refractivity contribution in [1.82, 2.24) is 4.98 Å². The van der Waals surface area contributed by atoms with Gasteiger partial charge in [0.15, 0.2) is 11.6 Å². The van der Waals surface area contributed by atoms with Crippen LogP contribution in [0.25, 0.3) is 11.3 Å².